The molecular weight excluding hydrogens is 166 g/mol. The Kier molecular flexibility index (Phi) is 8.38. The zero-order valence-electron chi connectivity index (χ0n) is 8.14. The van der Waals surface area contributed by atoms with Crippen LogP contribution >= 0.6 is 0 Å². The Morgan fingerprint density at radius 1 is 1.54 bits per heavy atom. The second-order valence-corrected chi connectivity index (χ2v) is 2.75. The minimum absolute atomic E-state index is 0.0658. The average Bonchev–Trinajstić information content (AvgIpc) is 2.13. The fourth-order valence-electron chi connectivity index (χ4n) is 0.856. The van der Waals surface area contributed by atoms with Gasteiger partial charge in [-0.1, -0.05) is 25.7 Å². The molecule has 0 aromatic carbocycles. The Labute approximate surface area is 79.8 Å². The molecule has 0 unspecified atom stereocenters. The molecule has 0 atom stereocenters. The van der Waals surface area contributed by atoms with Gasteiger partial charge in [-0.15, -0.1) is 6.42 Å². The standard InChI is InChI=1S/C10H17NO2/c1-3-5-6-7-11-10(12)9-13-8-4-2/h2H,3,5-9H2,1H3,(H,11,12). The van der Waals surface area contributed by atoms with Crippen LogP contribution < -0.4 is 5.32 Å². The van der Waals surface area contributed by atoms with Crippen LogP contribution in [0.15, 0.2) is 0 Å². The highest BCUT2D eigenvalue weighted by atomic mass is 16.5. The summed E-state index contributed by atoms with van der Waals surface area (Å²) in [5.41, 5.74) is 0. The van der Waals surface area contributed by atoms with E-state index in [4.69, 9.17) is 11.2 Å². The molecule has 0 radical (unpaired) electrons. The van der Waals surface area contributed by atoms with Crippen molar-refractivity contribution in [1.82, 2.24) is 5.32 Å². The van der Waals surface area contributed by atoms with Crippen molar-refractivity contribution < 1.29 is 9.53 Å². The predicted octanol–water partition coefficient (Wildman–Crippen LogP) is 0.943. The number of rotatable bonds is 7. The molecule has 0 aromatic rings. The van der Waals surface area contributed by atoms with Gasteiger partial charge in [0, 0.05) is 6.54 Å². The van der Waals surface area contributed by atoms with Gasteiger partial charge < -0.3 is 10.1 Å². The van der Waals surface area contributed by atoms with Crippen LogP contribution in [0.3, 0.4) is 0 Å². The highest BCUT2D eigenvalue weighted by molar-refractivity contribution is 5.77. The SMILES string of the molecule is C#CCOCC(=O)NCCCCC. The Morgan fingerprint density at radius 3 is 2.92 bits per heavy atom. The predicted molar refractivity (Wildman–Crippen MR) is 52.2 cm³/mol. The maximum Gasteiger partial charge on any atom is 0.246 e. The number of hydrogen-bond donors (Lipinski definition) is 1. The zero-order chi connectivity index (χ0) is 9.94. The van der Waals surface area contributed by atoms with Crippen molar-refractivity contribution in [3.05, 3.63) is 0 Å². The van der Waals surface area contributed by atoms with Crippen molar-refractivity contribution in [3.63, 3.8) is 0 Å². The first-order valence-electron chi connectivity index (χ1n) is 4.59. The van der Waals surface area contributed by atoms with Gasteiger partial charge in [-0.25, -0.2) is 0 Å². The van der Waals surface area contributed by atoms with Gasteiger partial charge in [0.1, 0.15) is 13.2 Å². The molecule has 13 heavy (non-hydrogen) atoms. The van der Waals surface area contributed by atoms with E-state index in [0.29, 0.717) is 0 Å². The van der Waals surface area contributed by atoms with Crippen molar-refractivity contribution in [2.24, 2.45) is 0 Å². The summed E-state index contributed by atoms with van der Waals surface area (Å²) in [5, 5.41) is 2.74. The quantitative estimate of drug-likeness (QED) is 0.471. The number of nitrogens with one attached hydrogen (secondary N) is 1. The van der Waals surface area contributed by atoms with Crippen LogP contribution in [0.2, 0.25) is 0 Å². The van der Waals surface area contributed by atoms with Gasteiger partial charge in [0.25, 0.3) is 0 Å². The van der Waals surface area contributed by atoms with Crippen LogP contribution in [0.1, 0.15) is 26.2 Å². The fourth-order valence-corrected chi connectivity index (χ4v) is 0.856. The first kappa shape index (κ1) is 12.0. The van der Waals surface area contributed by atoms with Gasteiger partial charge >= 0.3 is 0 Å². The molecule has 74 valence electrons. The molecule has 0 fully saturated rings. The van der Waals surface area contributed by atoms with E-state index >= 15 is 0 Å². The van der Waals surface area contributed by atoms with E-state index in [1.165, 1.54) is 0 Å². The summed E-state index contributed by atoms with van der Waals surface area (Å²) in [7, 11) is 0. The maximum atomic E-state index is 11.0. The minimum atomic E-state index is -0.0913. The van der Waals surface area contributed by atoms with E-state index in [9.17, 15) is 4.79 Å². The molecule has 0 aliphatic rings. The molecule has 0 spiro atoms. The molecule has 0 bridgehead atoms. The lowest BCUT2D eigenvalue weighted by atomic mass is 10.2. The van der Waals surface area contributed by atoms with Crippen LogP contribution in [0.5, 0.6) is 0 Å². The molecular formula is C10H17NO2. The summed E-state index contributed by atoms with van der Waals surface area (Å²) < 4.78 is 4.85. The largest absolute Gasteiger partial charge is 0.359 e. The third-order valence-corrected chi connectivity index (χ3v) is 1.52. The molecule has 0 heterocycles. The van der Waals surface area contributed by atoms with Gasteiger partial charge in [0.05, 0.1) is 0 Å². The molecule has 3 heteroatoms. The van der Waals surface area contributed by atoms with Crippen molar-refractivity contribution >= 4 is 5.91 Å². The molecule has 0 saturated heterocycles. The zero-order valence-corrected chi connectivity index (χ0v) is 8.14. The van der Waals surface area contributed by atoms with E-state index in [2.05, 4.69) is 18.2 Å². The van der Waals surface area contributed by atoms with Crippen molar-refractivity contribution in [1.29, 1.82) is 0 Å². The van der Waals surface area contributed by atoms with Crippen molar-refractivity contribution in [3.8, 4) is 12.3 Å². The van der Waals surface area contributed by atoms with Crippen molar-refractivity contribution in [2.45, 2.75) is 26.2 Å². The van der Waals surface area contributed by atoms with Gasteiger partial charge in [-0.05, 0) is 6.42 Å². The molecule has 0 rings (SSSR count). The lowest BCUT2D eigenvalue weighted by Crippen LogP contribution is -2.28. The molecule has 0 saturated carbocycles. The van der Waals surface area contributed by atoms with E-state index < -0.39 is 0 Å². The minimum Gasteiger partial charge on any atom is -0.359 e. The van der Waals surface area contributed by atoms with Crippen LogP contribution in [0, 0.1) is 12.3 Å². The van der Waals surface area contributed by atoms with E-state index in [1.807, 2.05) is 0 Å². The van der Waals surface area contributed by atoms with Gasteiger partial charge in [-0.2, -0.15) is 0 Å². The van der Waals surface area contributed by atoms with Gasteiger partial charge in [-0.3, -0.25) is 4.79 Å². The van der Waals surface area contributed by atoms with E-state index in [0.717, 1.165) is 25.8 Å². The third-order valence-electron chi connectivity index (χ3n) is 1.52. The monoisotopic (exact) mass is 183 g/mol. The molecule has 0 aliphatic heterocycles. The number of carbonyl (C=O) groups is 1. The summed E-state index contributed by atoms with van der Waals surface area (Å²) in [6, 6.07) is 0. The summed E-state index contributed by atoms with van der Waals surface area (Å²) in [6.45, 7) is 3.11. The number of ether oxygens (including phenoxy) is 1. The average molecular weight is 183 g/mol. The van der Waals surface area contributed by atoms with Crippen LogP contribution in [0.4, 0.5) is 0 Å². The number of unbranched alkanes of at least 4 members (excludes halogenated alkanes) is 2. The smallest absolute Gasteiger partial charge is 0.246 e. The highest BCUT2D eigenvalue weighted by Crippen LogP contribution is 1.90. The van der Waals surface area contributed by atoms with E-state index in [-0.39, 0.29) is 19.1 Å². The molecule has 0 aromatic heterocycles. The van der Waals surface area contributed by atoms with E-state index in [1.54, 1.807) is 0 Å². The highest BCUT2D eigenvalue weighted by Gasteiger charge is 1.98. The number of carbonyl (C=O) groups excluding carboxylic acids is 1. The third kappa shape index (κ3) is 8.90. The summed E-state index contributed by atoms with van der Waals surface area (Å²) in [4.78, 5) is 11.0. The van der Waals surface area contributed by atoms with Crippen LogP contribution in [0.25, 0.3) is 0 Å². The van der Waals surface area contributed by atoms with Crippen molar-refractivity contribution in [2.75, 3.05) is 19.8 Å². The molecule has 1 amide bonds. The normalized spacial score (nSPS) is 9.23. The first-order valence-corrected chi connectivity index (χ1v) is 4.59. The number of amides is 1. The Hall–Kier alpha value is -1.01. The number of hydrogen-bond acceptors (Lipinski definition) is 2. The topological polar surface area (TPSA) is 38.3 Å². The van der Waals surface area contributed by atoms with Gasteiger partial charge in [0.2, 0.25) is 5.91 Å². The lowest BCUT2D eigenvalue weighted by Gasteiger charge is -2.03. The Balaban J connectivity index is 3.16. The summed E-state index contributed by atoms with van der Waals surface area (Å²) in [6.07, 6.45) is 8.27. The van der Waals surface area contributed by atoms with Gasteiger partial charge in [0.15, 0.2) is 0 Å². The van der Waals surface area contributed by atoms with Crippen LogP contribution in [-0.4, -0.2) is 25.7 Å². The van der Waals surface area contributed by atoms with Crippen LogP contribution in [-0.2, 0) is 9.53 Å². The second kappa shape index (κ2) is 9.08. The number of terminal acetylenes is 1. The lowest BCUT2D eigenvalue weighted by molar-refractivity contribution is -0.125. The molecule has 0 aliphatic carbocycles. The molecule has 1 N–H and O–H groups in total. The maximum absolute atomic E-state index is 11.0. The first-order chi connectivity index (χ1) is 6.31. The molecule has 3 nitrogen and oxygen atoms in total. The summed E-state index contributed by atoms with van der Waals surface area (Å²) >= 11 is 0. The fraction of sp³-hybridized carbons (Fsp3) is 0.700. The Morgan fingerprint density at radius 2 is 2.31 bits per heavy atom. The summed E-state index contributed by atoms with van der Waals surface area (Å²) in [5.74, 6) is 2.21. The Bertz CT molecular complexity index is 172. The second-order valence-electron chi connectivity index (χ2n) is 2.75.